The number of hydrogen-bond acceptors (Lipinski definition) is 3. The number of benzene rings is 2. The van der Waals surface area contributed by atoms with Crippen LogP contribution in [0.3, 0.4) is 0 Å². The molecule has 0 saturated carbocycles. The molecule has 142 valence electrons. The van der Waals surface area contributed by atoms with Gasteiger partial charge in [-0.2, -0.15) is 0 Å². The average molecular weight is 369 g/mol. The van der Waals surface area contributed by atoms with Gasteiger partial charge in [-0.1, -0.05) is 36.4 Å². The maximum Gasteiger partial charge on any atom is 0.238 e. The van der Waals surface area contributed by atoms with Crippen molar-refractivity contribution in [1.82, 2.24) is 10.2 Å². The van der Waals surface area contributed by atoms with Crippen LogP contribution in [-0.4, -0.2) is 36.3 Å². The molecule has 3 rings (SSSR count). The van der Waals surface area contributed by atoms with Gasteiger partial charge >= 0.3 is 0 Å². The van der Waals surface area contributed by atoms with Crippen molar-refractivity contribution in [3.63, 3.8) is 0 Å². The molecule has 0 bridgehead atoms. The molecular weight excluding hydrogens is 345 g/mol. The summed E-state index contributed by atoms with van der Waals surface area (Å²) in [6.45, 7) is 2.17. The monoisotopic (exact) mass is 369 g/mol. The number of likely N-dealkylation sites (tertiary alicyclic amines) is 1. The number of nitrogens with zero attached hydrogens (tertiary/aromatic N) is 1. The SMILES string of the molecule is O=C(CN1CCC(C(=O)NCc2ccccc2)CC1)Nc1cccc(F)c1. The lowest BCUT2D eigenvalue weighted by atomic mass is 9.96. The molecule has 0 atom stereocenters. The van der Waals surface area contributed by atoms with Gasteiger partial charge in [-0.15, -0.1) is 0 Å². The first-order valence-corrected chi connectivity index (χ1v) is 9.19. The molecule has 2 N–H and O–H groups in total. The second-order valence-corrected chi connectivity index (χ2v) is 6.81. The fourth-order valence-corrected chi connectivity index (χ4v) is 3.25. The highest BCUT2D eigenvalue weighted by Crippen LogP contribution is 2.18. The molecule has 2 aromatic rings. The van der Waals surface area contributed by atoms with E-state index in [2.05, 4.69) is 10.6 Å². The van der Waals surface area contributed by atoms with Crippen molar-refractivity contribution in [2.24, 2.45) is 5.92 Å². The summed E-state index contributed by atoms with van der Waals surface area (Å²) < 4.78 is 13.2. The molecule has 0 aliphatic carbocycles. The Morgan fingerprint density at radius 1 is 1.04 bits per heavy atom. The van der Waals surface area contributed by atoms with Crippen molar-refractivity contribution in [3.05, 3.63) is 66.0 Å². The zero-order chi connectivity index (χ0) is 19.1. The van der Waals surface area contributed by atoms with Crippen LogP contribution in [0.2, 0.25) is 0 Å². The highest BCUT2D eigenvalue weighted by molar-refractivity contribution is 5.92. The number of halogens is 1. The van der Waals surface area contributed by atoms with Crippen LogP contribution in [0.15, 0.2) is 54.6 Å². The molecule has 0 aromatic heterocycles. The zero-order valence-corrected chi connectivity index (χ0v) is 15.2. The smallest absolute Gasteiger partial charge is 0.238 e. The number of nitrogens with one attached hydrogen (secondary N) is 2. The predicted octanol–water partition coefficient (Wildman–Crippen LogP) is 2.79. The van der Waals surface area contributed by atoms with Crippen molar-refractivity contribution in [1.29, 1.82) is 0 Å². The maximum absolute atomic E-state index is 13.2. The molecule has 1 aliphatic heterocycles. The Labute approximate surface area is 158 Å². The lowest BCUT2D eigenvalue weighted by Crippen LogP contribution is -2.43. The van der Waals surface area contributed by atoms with Gasteiger partial charge in [-0.25, -0.2) is 4.39 Å². The Kier molecular flexibility index (Phi) is 6.54. The van der Waals surface area contributed by atoms with Crippen LogP contribution in [0.25, 0.3) is 0 Å². The summed E-state index contributed by atoms with van der Waals surface area (Å²) in [6, 6.07) is 15.7. The summed E-state index contributed by atoms with van der Waals surface area (Å²) >= 11 is 0. The highest BCUT2D eigenvalue weighted by atomic mass is 19.1. The molecule has 2 amide bonds. The van der Waals surface area contributed by atoms with Crippen molar-refractivity contribution in [3.8, 4) is 0 Å². The minimum absolute atomic E-state index is 0.0174. The van der Waals surface area contributed by atoms with E-state index in [-0.39, 0.29) is 30.1 Å². The van der Waals surface area contributed by atoms with Gasteiger partial charge in [0.05, 0.1) is 6.54 Å². The minimum Gasteiger partial charge on any atom is -0.352 e. The molecule has 5 nitrogen and oxygen atoms in total. The van der Waals surface area contributed by atoms with E-state index in [0.29, 0.717) is 25.3 Å². The third-order valence-corrected chi connectivity index (χ3v) is 4.74. The van der Waals surface area contributed by atoms with Gasteiger partial charge in [-0.05, 0) is 49.7 Å². The number of piperidine rings is 1. The van der Waals surface area contributed by atoms with E-state index in [0.717, 1.165) is 18.4 Å². The summed E-state index contributed by atoms with van der Waals surface area (Å²) in [4.78, 5) is 26.5. The van der Waals surface area contributed by atoms with Crippen LogP contribution in [0.1, 0.15) is 18.4 Å². The van der Waals surface area contributed by atoms with Gasteiger partial charge in [0.15, 0.2) is 0 Å². The average Bonchev–Trinajstić information content (AvgIpc) is 2.67. The van der Waals surface area contributed by atoms with Gasteiger partial charge in [0, 0.05) is 18.2 Å². The van der Waals surface area contributed by atoms with Gasteiger partial charge in [0.25, 0.3) is 0 Å². The molecule has 0 unspecified atom stereocenters. The molecule has 2 aromatic carbocycles. The fourth-order valence-electron chi connectivity index (χ4n) is 3.25. The summed E-state index contributed by atoms with van der Waals surface area (Å²) in [5.41, 5.74) is 1.53. The quantitative estimate of drug-likeness (QED) is 0.823. The minimum atomic E-state index is -0.380. The van der Waals surface area contributed by atoms with Crippen LogP contribution >= 0.6 is 0 Å². The number of carbonyl (C=O) groups excluding carboxylic acids is 2. The molecule has 1 fully saturated rings. The van der Waals surface area contributed by atoms with E-state index < -0.39 is 0 Å². The molecular formula is C21H24FN3O2. The van der Waals surface area contributed by atoms with Crippen molar-refractivity contribution >= 4 is 17.5 Å². The third-order valence-electron chi connectivity index (χ3n) is 4.74. The van der Waals surface area contributed by atoms with Gasteiger partial charge in [0.1, 0.15) is 5.82 Å². The van der Waals surface area contributed by atoms with E-state index in [1.54, 1.807) is 12.1 Å². The Bertz CT molecular complexity index is 774. The summed E-state index contributed by atoms with van der Waals surface area (Å²) in [5.74, 6) is -0.498. The molecule has 1 saturated heterocycles. The molecule has 27 heavy (non-hydrogen) atoms. The first-order chi connectivity index (χ1) is 13.1. The Balaban J connectivity index is 1.39. The Hall–Kier alpha value is -2.73. The van der Waals surface area contributed by atoms with E-state index >= 15 is 0 Å². The summed E-state index contributed by atoms with van der Waals surface area (Å²) in [6.07, 6.45) is 1.46. The maximum atomic E-state index is 13.2. The van der Waals surface area contributed by atoms with E-state index in [1.165, 1.54) is 12.1 Å². The number of hydrogen-bond donors (Lipinski definition) is 2. The molecule has 1 aliphatic rings. The number of anilines is 1. The normalized spacial score (nSPS) is 15.3. The Morgan fingerprint density at radius 3 is 2.48 bits per heavy atom. The van der Waals surface area contributed by atoms with E-state index in [9.17, 15) is 14.0 Å². The standard InChI is InChI=1S/C21H24FN3O2/c22-18-7-4-8-19(13-18)24-20(26)15-25-11-9-17(10-12-25)21(27)23-14-16-5-2-1-3-6-16/h1-8,13,17H,9-12,14-15H2,(H,23,27)(H,24,26). The van der Waals surface area contributed by atoms with Crippen LogP contribution in [0.5, 0.6) is 0 Å². The molecule has 0 spiro atoms. The number of carbonyl (C=O) groups is 2. The van der Waals surface area contributed by atoms with Gasteiger partial charge < -0.3 is 10.6 Å². The lowest BCUT2D eigenvalue weighted by molar-refractivity contribution is -0.126. The van der Waals surface area contributed by atoms with Crippen LogP contribution in [0, 0.1) is 11.7 Å². The number of amides is 2. The van der Waals surface area contributed by atoms with Crippen LogP contribution < -0.4 is 10.6 Å². The Morgan fingerprint density at radius 2 is 1.78 bits per heavy atom. The first-order valence-electron chi connectivity index (χ1n) is 9.19. The topological polar surface area (TPSA) is 61.4 Å². The second kappa shape index (κ2) is 9.28. The molecule has 1 heterocycles. The number of rotatable bonds is 6. The van der Waals surface area contributed by atoms with Crippen LogP contribution in [-0.2, 0) is 16.1 Å². The molecule has 6 heteroatoms. The zero-order valence-electron chi connectivity index (χ0n) is 15.2. The van der Waals surface area contributed by atoms with Crippen molar-refractivity contribution in [2.75, 3.05) is 25.0 Å². The second-order valence-electron chi connectivity index (χ2n) is 6.81. The predicted molar refractivity (Wildman–Crippen MR) is 102 cm³/mol. The van der Waals surface area contributed by atoms with E-state index in [1.807, 2.05) is 35.2 Å². The first kappa shape index (κ1) is 19.0. The fraction of sp³-hybridized carbons (Fsp3) is 0.333. The third kappa shape index (κ3) is 5.89. The highest BCUT2D eigenvalue weighted by Gasteiger charge is 2.25. The van der Waals surface area contributed by atoms with Crippen molar-refractivity contribution < 1.29 is 14.0 Å². The van der Waals surface area contributed by atoms with Crippen molar-refractivity contribution in [2.45, 2.75) is 19.4 Å². The largest absolute Gasteiger partial charge is 0.352 e. The molecule has 0 radical (unpaired) electrons. The summed E-state index contributed by atoms with van der Waals surface area (Å²) in [5, 5.41) is 5.69. The summed E-state index contributed by atoms with van der Waals surface area (Å²) in [7, 11) is 0. The van der Waals surface area contributed by atoms with E-state index in [4.69, 9.17) is 0 Å². The van der Waals surface area contributed by atoms with Gasteiger partial charge in [-0.3, -0.25) is 14.5 Å². The van der Waals surface area contributed by atoms with Crippen LogP contribution in [0.4, 0.5) is 10.1 Å². The lowest BCUT2D eigenvalue weighted by Gasteiger charge is -2.30. The van der Waals surface area contributed by atoms with Gasteiger partial charge in [0.2, 0.25) is 11.8 Å².